The number of hydrogen-bond acceptors (Lipinski definition) is 7. The first-order valence-electron chi connectivity index (χ1n) is 9.93. The van der Waals surface area contributed by atoms with Gasteiger partial charge in [0, 0.05) is 24.9 Å². The molecule has 158 valence electrons. The highest BCUT2D eigenvalue weighted by Crippen LogP contribution is 2.16. The van der Waals surface area contributed by atoms with Crippen LogP contribution in [0, 0.1) is 0 Å². The molecular weight excluding hydrogens is 398 g/mol. The summed E-state index contributed by atoms with van der Waals surface area (Å²) >= 11 is 5.78. The predicted octanol–water partition coefficient (Wildman–Crippen LogP) is 4.36. The number of unbranched alkanes of at least 4 members (excludes halogenated alkanes) is 2. The minimum absolute atomic E-state index is 0.211. The summed E-state index contributed by atoms with van der Waals surface area (Å²) in [5, 5.41) is 0.581. The predicted molar refractivity (Wildman–Crippen MR) is 107 cm³/mol. The Kier molecular flexibility index (Phi) is 8.80. The Balaban J connectivity index is 1.29. The minimum atomic E-state index is -0.218. The zero-order valence-electron chi connectivity index (χ0n) is 16.3. The molecule has 0 spiro atoms. The SMILES string of the molecule is O=c1cc(COC2CCCCO2)occ1OCCCCCOc1ccc(Cl)cn1. The molecule has 3 rings (SSSR count). The van der Waals surface area contributed by atoms with Gasteiger partial charge in [0.25, 0.3) is 0 Å². The quantitative estimate of drug-likeness (QED) is 0.496. The summed E-state index contributed by atoms with van der Waals surface area (Å²) in [4.78, 5) is 16.2. The third-order valence-electron chi connectivity index (χ3n) is 4.40. The lowest BCUT2D eigenvalue weighted by Gasteiger charge is -2.22. The Morgan fingerprint density at radius 1 is 1.14 bits per heavy atom. The van der Waals surface area contributed by atoms with E-state index in [0.717, 1.165) is 38.5 Å². The molecule has 29 heavy (non-hydrogen) atoms. The van der Waals surface area contributed by atoms with Gasteiger partial charge in [-0.25, -0.2) is 4.98 Å². The van der Waals surface area contributed by atoms with E-state index in [1.165, 1.54) is 12.3 Å². The molecule has 0 N–H and O–H groups in total. The standard InChI is InChI=1S/C21H26ClNO6/c22-16-7-8-20(23-13-16)26-10-4-1-3-9-25-19-15-28-17(12-18(19)24)14-29-21-6-2-5-11-27-21/h7-8,12-13,15,21H,1-6,9-11,14H2. The van der Waals surface area contributed by atoms with Crippen molar-refractivity contribution in [3.05, 3.63) is 51.7 Å². The van der Waals surface area contributed by atoms with Crippen LogP contribution in [0.3, 0.4) is 0 Å². The number of nitrogens with zero attached hydrogens (tertiary/aromatic N) is 1. The lowest BCUT2D eigenvalue weighted by Crippen LogP contribution is -2.22. The van der Waals surface area contributed by atoms with Crippen molar-refractivity contribution in [3.63, 3.8) is 0 Å². The van der Waals surface area contributed by atoms with E-state index in [-0.39, 0.29) is 24.1 Å². The van der Waals surface area contributed by atoms with E-state index in [1.807, 2.05) is 0 Å². The number of ether oxygens (including phenoxy) is 4. The fourth-order valence-corrected chi connectivity index (χ4v) is 2.94. The zero-order valence-corrected chi connectivity index (χ0v) is 17.1. The highest BCUT2D eigenvalue weighted by atomic mass is 35.5. The highest BCUT2D eigenvalue weighted by Gasteiger charge is 2.15. The first-order valence-corrected chi connectivity index (χ1v) is 10.3. The molecule has 1 unspecified atom stereocenters. The topological polar surface area (TPSA) is 80.0 Å². The number of hydrogen-bond donors (Lipinski definition) is 0. The van der Waals surface area contributed by atoms with Gasteiger partial charge in [0.15, 0.2) is 6.29 Å². The van der Waals surface area contributed by atoms with Crippen molar-refractivity contribution in [1.29, 1.82) is 0 Å². The average molecular weight is 424 g/mol. The summed E-state index contributed by atoms with van der Waals surface area (Å²) in [6.45, 7) is 1.93. The lowest BCUT2D eigenvalue weighted by molar-refractivity contribution is -0.171. The molecule has 0 radical (unpaired) electrons. The third kappa shape index (κ3) is 7.68. The van der Waals surface area contributed by atoms with Crippen molar-refractivity contribution >= 4 is 11.6 Å². The maximum absolute atomic E-state index is 12.1. The first-order chi connectivity index (χ1) is 14.2. The molecule has 0 aromatic carbocycles. The van der Waals surface area contributed by atoms with Crippen LogP contribution < -0.4 is 14.9 Å². The molecule has 1 saturated heterocycles. The molecule has 1 aliphatic rings. The number of halogens is 1. The maximum atomic E-state index is 12.1. The monoisotopic (exact) mass is 423 g/mol. The fraction of sp³-hybridized carbons (Fsp3) is 0.524. The van der Waals surface area contributed by atoms with Gasteiger partial charge in [-0.1, -0.05) is 11.6 Å². The Morgan fingerprint density at radius 2 is 2.00 bits per heavy atom. The van der Waals surface area contributed by atoms with Gasteiger partial charge in [0.05, 0.1) is 18.2 Å². The lowest BCUT2D eigenvalue weighted by atomic mass is 10.2. The molecule has 7 nitrogen and oxygen atoms in total. The van der Waals surface area contributed by atoms with E-state index in [2.05, 4.69) is 4.98 Å². The summed E-state index contributed by atoms with van der Waals surface area (Å²) in [6.07, 6.45) is 8.28. The molecule has 0 aliphatic carbocycles. The van der Waals surface area contributed by atoms with Crippen LogP contribution in [0.5, 0.6) is 11.6 Å². The van der Waals surface area contributed by atoms with Crippen LogP contribution in [0.25, 0.3) is 0 Å². The molecule has 8 heteroatoms. The molecule has 1 fully saturated rings. The summed E-state index contributed by atoms with van der Waals surface area (Å²) in [6, 6.07) is 4.89. The molecule has 2 aromatic rings. The van der Waals surface area contributed by atoms with Crippen molar-refractivity contribution in [3.8, 4) is 11.6 Å². The molecule has 0 bridgehead atoms. The molecule has 3 heterocycles. The Hall–Kier alpha value is -2.09. The van der Waals surface area contributed by atoms with Gasteiger partial charge >= 0.3 is 0 Å². The second-order valence-electron chi connectivity index (χ2n) is 6.75. The van der Waals surface area contributed by atoms with Gasteiger partial charge in [-0.05, 0) is 44.6 Å². The highest BCUT2D eigenvalue weighted by molar-refractivity contribution is 6.30. The van der Waals surface area contributed by atoms with E-state index in [1.54, 1.807) is 18.3 Å². The average Bonchev–Trinajstić information content (AvgIpc) is 2.75. The summed E-state index contributed by atoms with van der Waals surface area (Å²) in [5.41, 5.74) is -0.212. The number of aromatic nitrogens is 1. The smallest absolute Gasteiger partial charge is 0.227 e. The summed E-state index contributed by atoms with van der Waals surface area (Å²) in [7, 11) is 0. The third-order valence-corrected chi connectivity index (χ3v) is 4.62. The van der Waals surface area contributed by atoms with Gasteiger partial charge in [0.1, 0.15) is 18.6 Å². The van der Waals surface area contributed by atoms with Crippen LogP contribution in [-0.2, 0) is 16.1 Å². The zero-order chi connectivity index (χ0) is 20.3. The Morgan fingerprint density at radius 3 is 2.72 bits per heavy atom. The minimum Gasteiger partial charge on any atom is -0.487 e. The van der Waals surface area contributed by atoms with E-state index in [4.69, 9.17) is 35.0 Å². The van der Waals surface area contributed by atoms with Crippen LogP contribution in [0.2, 0.25) is 5.02 Å². The van der Waals surface area contributed by atoms with Crippen LogP contribution in [-0.4, -0.2) is 31.1 Å². The van der Waals surface area contributed by atoms with Crippen molar-refractivity contribution in [2.24, 2.45) is 0 Å². The van der Waals surface area contributed by atoms with Crippen LogP contribution in [0.15, 0.2) is 39.9 Å². The molecule has 1 aliphatic heterocycles. The Labute approximate surface area is 174 Å². The van der Waals surface area contributed by atoms with E-state index < -0.39 is 0 Å². The van der Waals surface area contributed by atoms with E-state index in [9.17, 15) is 4.79 Å². The largest absolute Gasteiger partial charge is 0.487 e. The molecule has 2 aromatic heterocycles. The second kappa shape index (κ2) is 11.8. The van der Waals surface area contributed by atoms with Gasteiger partial charge in [-0.2, -0.15) is 0 Å². The Bertz CT molecular complexity index is 789. The maximum Gasteiger partial charge on any atom is 0.227 e. The van der Waals surface area contributed by atoms with Crippen molar-refractivity contribution in [1.82, 2.24) is 4.98 Å². The fourth-order valence-electron chi connectivity index (χ4n) is 2.82. The van der Waals surface area contributed by atoms with Crippen molar-refractivity contribution in [2.45, 2.75) is 51.4 Å². The summed E-state index contributed by atoms with van der Waals surface area (Å²) < 4.78 is 27.6. The van der Waals surface area contributed by atoms with Gasteiger partial charge < -0.3 is 23.4 Å². The number of pyridine rings is 1. The van der Waals surface area contributed by atoms with Gasteiger partial charge in [0.2, 0.25) is 17.1 Å². The first kappa shape index (κ1) is 21.6. The van der Waals surface area contributed by atoms with Crippen LogP contribution in [0.4, 0.5) is 0 Å². The van der Waals surface area contributed by atoms with E-state index in [0.29, 0.717) is 36.5 Å². The van der Waals surface area contributed by atoms with Gasteiger partial charge in [-0.3, -0.25) is 4.79 Å². The van der Waals surface area contributed by atoms with Crippen molar-refractivity contribution in [2.75, 3.05) is 19.8 Å². The molecular formula is C21H26ClNO6. The second-order valence-corrected chi connectivity index (χ2v) is 7.19. The summed E-state index contributed by atoms with van der Waals surface area (Å²) in [5.74, 6) is 1.23. The number of rotatable bonds is 11. The normalized spacial score (nSPS) is 16.5. The van der Waals surface area contributed by atoms with Crippen LogP contribution in [0.1, 0.15) is 44.3 Å². The molecule has 0 amide bonds. The van der Waals surface area contributed by atoms with Crippen LogP contribution >= 0.6 is 11.6 Å². The van der Waals surface area contributed by atoms with E-state index >= 15 is 0 Å². The van der Waals surface area contributed by atoms with Gasteiger partial charge in [-0.15, -0.1) is 0 Å². The molecule has 0 saturated carbocycles. The molecule has 1 atom stereocenters. The van der Waals surface area contributed by atoms with Crippen molar-refractivity contribution < 1.29 is 23.4 Å².